The van der Waals surface area contributed by atoms with Crippen molar-refractivity contribution >= 4 is 15.8 Å². The number of aliphatic carboxylic acids is 1. The highest BCUT2D eigenvalue weighted by atomic mass is 32.2. The third-order valence-corrected chi connectivity index (χ3v) is 6.29. The van der Waals surface area contributed by atoms with E-state index in [2.05, 4.69) is 0 Å². The van der Waals surface area contributed by atoms with Crippen molar-refractivity contribution in [3.8, 4) is 0 Å². The molecule has 162 valence electrons. The van der Waals surface area contributed by atoms with E-state index in [1.54, 1.807) is 14.1 Å². The van der Waals surface area contributed by atoms with Crippen LogP contribution in [-0.4, -0.2) is 69.4 Å². The lowest BCUT2D eigenvalue weighted by Crippen LogP contribution is -2.48. The molecular formula is C17H31F4NO4S. The van der Waals surface area contributed by atoms with Crippen molar-refractivity contribution in [2.24, 2.45) is 0 Å². The number of rotatable bonds is 14. The third-order valence-electron chi connectivity index (χ3n) is 4.47. The normalized spacial score (nSPS) is 15.5. The summed E-state index contributed by atoms with van der Waals surface area (Å²) in [5, 5.41) is 10.6. The van der Waals surface area contributed by atoms with Gasteiger partial charge in [0.1, 0.15) is 16.4 Å². The number of quaternary nitrogens is 1. The number of likely N-dealkylation sites (N-methyl/N-ethyl adjacent to an activating group) is 1. The van der Waals surface area contributed by atoms with Crippen molar-refractivity contribution < 1.29 is 40.4 Å². The quantitative estimate of drug-likeness (QED) is 0.245. The van der Waals surface area contributed by atoms with Crippen LogP contribution in [0.5, 0.6) is 0 Å². The van der Waals surface area contributed by atoms with Crippen LogP contribution in [-0.2, 0) is 14.6 Å². The van der Waals surface area contributed by atoms with E-state index in [0.717, 1.165) is 0 Å². The summed E-state index contributed by atoms with van der Waals surface area (Å²) in [6.07, 6.45) is -3.35. The summed E-state index contributed by atoms with van der Waals surface area (Å²) in [5.74, 6) is -1.21. The van der Waals surface area contributed by atoms with Crippen LogP contribution in [0.4, 0.5) is 17.6 Å². The molecule has 0 aliphatic carbocycles. The first-order chi connectivity index (χ1) is 12.1. The number of nitrogens with zero attached hydrogens (tertiary/aromatic N) is 1. The van der Waals surface area contributed by atoms with Crippen molar-refractivity contribution in [1.82, 2.24) is 0 Å². The third kappa shape index (κ3) is 12.2. The summed E-state index contributed by atoms with van der Waals surface area (Å²) in [6, 6.07) is 0. The van der Waals surface area contributed by atoms with Gasteiger partial charge in [-0.3, -0.25) is 0 Å². The molecule has 0 aliphatic rings. The van der Waals surface area contributed by atoms with Gasteiger partial charge >= 0.3 is 6.18 Å². The van der Waals surface area contributed by atoms with Crippen molar-refractivity contribution in [3.05, 3.63) is 0 Å². The SMILES string of the molecule is CC(F)(CCCCCCS(=O)(=O)CCCC[N+](C)(C)CC(=O)[O-])C(F)(F)F. The van der Waals surface area contributed by atoms with Gasteiger partial charge in [-0.1, -0.05) is 12.8 Å². The molecule has 0 aliphatic heterocycles. The van der Waals surface area contributed by atoms with Gasteiger partial charge < -0.3 is 14.4 Å². The smallest absolute Gasteiger partial charge is 0.422 e. The van der Waals surface area contributed by atoms with Gasteiger partial charge in [0, 0.05) is 0 Å². The summed E-state index contributed by atoms with van der Waals surface area (Å²) in [5.41, 5.74) is -3.21. The zero-order chi connectivity index (χ0) is 21.4. The Hall–Kier alpha value is -0.900. The Morgan fingerprint density at radius 3 is 1.89 bits per heavy atom. The molecule has 0 aromatic carbocycles. The van der Waals surface area contributed by atoms with Crippen molar-refractivity contribution in [1.29, 1.82) is 0 Å². The summed E-state index contributed by atoms with van der Waals surface area (Å²) in [7, 11) is 0.204. The number of carbonyl (C=O) groups excluding carboxylic acids is 1. The lowest BCUT2D eigenvalue weighted by atomic mass is 9.99. The van der Waals surface area contributed by atoms with Crippen LogP contribution in [0.3, 0.4) is 0 Å². The molecule has 0 saturated carbocycles. The van der Waals surface area contributed by atoms with Crippen molar-refractivity contribution in [2.45, 2.75) is 63.7 Å². The Bertz CT molecular complexity index is 560. The second-order valence-electron chi connectivity index (χ2n) is 7.91. The molecule has 0 amide bonds. The molecule has 5 nitrogen and oxygen atoms in total. The van der Waals surface area contributed by atoms with Crippen LogP contribution in [0.25, 0.3) is 0 Å². The van der Waals surface area contributed by atoms with E-state index in [0.29, 0.717) is 45.6 Å². The van der Waals surface area contributed by atoms with Gasteiger partial charge in [0.05, 0.1) is 38.1 Å². The Morgan fingerprint density at radius 2 is 1.41 bits per heavy atom. The van der Waals surface area contributed by atoms with Crippen LogP contribution >= 0.6 is 0 Å². The average Bonchev–Trinajstić information content (AvgIpc) is 2.45. The first kappa shape index (κ1) is 26.1. The van der Waals surface area contributed by atoms with Crippen molar-refractivity contribution in [2.75, 3.05) is 38.7 Å². The topological polar surface area (TPSA) is 74.3 Å². The van der Waals surface area contributed by atoms with Crippen LogP contribution in [0.15, 0.2) is 0 Å². The lowest BCUT2D eigenvalue weighted by molar-refractivity contribution is -0.885. The molecule has 0 saturated heterocycles. The maximum Gasteiger partial charge on any atom is 0.422 e. The zero-order valence-electron chi connectivity index (χ0n) is 16.3. The fourth-order valence-corrected chi connectivity index (χ4v) is 4.16. The maximum absolute atomic E-state index is 13.4. The van der Waals surface area contributed by atoms with E-state index in [9.17, 15) is 35.9 Å². The molecule has 1 unspecified atom stereocenters. The van der Waals surface area contributed by atoms with Crippen LogP contribution in [0, 0.1) is 0 Å². The second-order valence-corrected chi connectivity index (χ2v) is 10.2. The first-order valence-corrected chi connectivity index (χ1v) is 10.9. The van der Waals surface area contributed by atoms with Crippen LogP contribution < -0.4 is 5.11 Å². The zero-order valence-corrected chi connectivity index (χ0v) is 17.1. The summed E-state index contributed by atoms with van der Waals surface area (Å²) >= 11 is 0. The number of hydrogen-bond donors (Lipinski definition) is 0. The average molecular weight is 421 g/mol. The lowest BCUT2D eigenvalue weighted by Gasteiger charge is -2.30. The Labute approximate surface area is 159 Å². The van der Waals surface area contributed by atoms with Crippen LogP contribution in [0.1, 0.15) is 51.9 Å². The Balaban J connectivity index is 3.94. The van der Waals surface area contributed by atoms with E-state index in [1.807, 2.05) is 0 Å². The minimum atomic E-state index is -4.88. The molecule has 1 atom stereocenters. The Morgan fingerprint density at radius 1 is 0.926 bits per heavy atom. The van der Waals surface area contributed by atoms with Gasteiger partial charge in [-0.25, -0.2) is 12.8 Å². The van der Waals surface area contributed by atoms with Gasteiger partial charge in [0.15, 0.2) is 0 Å². The summed E-state index contributed by atoms with van der Waals surface area (Å²) in [4.78, 5) is 10.6. The first-order valence-electron chi connectivity index (χ1n) is 9.06. The number of carboxylic acids is 1. The van der Waals surface area contributed by atoms with E-state index in [1.165, 1.54) is 0 Å². The molecule has 0 heterocycles. The number of carboxylic acid groups (broad SMARTS) is 1. The fraction of sp³-hybridized carbons (Fsp3) is 0.941. The number of alkyl halides is 4. The Kier molecular flexibility index (Phi) is 10.2. The molecule has 0 radical (unpaired) electrons. The van der Waals surface area contributed by atoms with E-state index >= 15 is 0 Å². The van der Waals surface area contributed by atoms with Gasteiger partial charge in [0.25, 0.3) is 0 Å². The number of sulfone groups is 1. The predicted molar refractivity (Wildman–Crippen MR) is 93.4 cm³/mol. The summed E-state index contributed by atoms with van der Waals surface area (Å²) in [6.45, 7) is 0.897. The van der Waals surface area contributed by atoms with E-state index in [-0.39, 0.29) is 29.0 Å². The highest BCUT2D eigenvalue weighted by Gasteiger charge is 2.51. The standard InChI is InChI=1S/C17H31F4NO4S/c1-16(18,17(19,20)21)10-6-4-5-8-12-27(25,26)13-9-7-11-22(2,3)14-15(23)24/h4-14H2,1-3H3. The van der Waals surface area contributed by atoms with Crippen LogP contribution in [0.2, 0.25) is 0 Å². The van der Waals surface area contributed by atoms with Gasteiger partial charge in [-0.05, 0) is 39.0 Å². The van der Waals surface area contributed by atoms with Gasteiger partial charge in [-0.2, -0.15) is 13.2 Å². The molecule has 0 N–H and O–H groups in total. The fourth-order valence-electron chi connectivity index (χ4n) is 2.67. The van der Waals surface area contributed by atoms with Gasteiger partial charge in [-0.15, -0.1) is 0 Å². The molecule has 0 spiro atoms. The molecule has 10 heteroatoms. The number of halogens is 4. The molecule has 0 rings (SSSR count). The highest BCUT2D eigenvalue weighted by Crippen LogP contribution is 2.37. The molecule has 0 fully saturated rings. The molecular weight excluding hydrogens is 390 g/mol. The highest BCUT2D eigenvalue weighted by molar-refractivity contribution is 7.91. The number of carbonyl (C=O) groups is 1. The minimum absolute atomic E-state index is 0.00501. The molecule has 27 heavy (non-hydrogen) atoms. The maximum atomic E-state index is 13.4. The molecule has 0 aromatic heterocycles. The molecule has 0 aromatic rings. The largest absolute Gasteiger partial charge is 0.544 e. The minimum Gasteiger partial charge on any atom is -0.544 e. The summed E-state index contributed by atoms with van der Waals surface area (Å²) < 4.78 is 74.5. The van der Waals surface area contributed by atoms with E-state index < -0.39 is 34.1 Å². The van der Waals surface area contributed by atoms with Gasteiger partial charge in [0.2, 0.25) is 5.67 Å². The van der Waals surface area contributed by atoms with E-state index in [4.69, 9.17) is 0 Å². The molecule has 0 bridgehead atoms. The predicted octanol–water partition coefficient (Wildman–Crippen LogP) is 2.25. The second kappa shape index (κ2) is 10.6. The number of unbranched alkanes of at least 4 members (excludes halogenated alkanes) is 4. The number of hydrogen-bond acceptors (Lipinski definition) is 4. The van der Waals surface area contributed by atoms with Crippen molar-refractivity contribution in [3.63, 3.8) is 0 Å². The monoisotopic (exact) mass is 421 g/mol.